The van der Waals surface area contributed by atoms with Crippen LogP contribution in [0.15, 0.2) is 205 Å². The molecule has 1 aromatic heterocycles. The van der Waals surface area contributed by atoms with Gasteiger partial charge in [0.1, 0.15) is 11.2 Å². The third kappa shape index (κ3) is 5.40. The van der Waals surface area contributed by atoms with Gasteiger partial charge in [-0.1, -0.05) is 159 Å². The van der Waals surface area contributed by atoms with Crippen molar-refractivity contribution in [1.29, 1.82) is 0 Å². The Morgan fingerprint density at radius 3 is 1.89 bits per heavy atom. The Balaban J connectivity index is 1.07. The van der Waals surface area contributed by atoms with Crippen LogP contribution in [-0.4, -0.2) is 0 Å². The first kappa shape index (κ1) is 33.2. The molecule has 57 heavy (non-hydrogen) atoms. The summed E-state index contributed by atoms with van der Waals surface area (Å²) in [6, 6.07) is 72.8. The van der Waals surface area contributed by atoms with Crippen LogP contribution in [0.1, 0.15) is 25.0 Å². The molecule has 0 fully saturated rings. The van der Waals surface area contributed by atoms with Gasteiger partial charge in [0.05, 0.1) is 5.69 Å². The van der Waals surface area contributed by atoms with Crippen LogP contribution in [0.3, 0.4) is 0 Å². The van der Waals surface area contributed by atoms with Gasteiger partial charge in [-0.25, -0.2) is 0 Å². The molecule has 0 aliphatic heterocycles. The second kappa shape index (κ2) is 13.0. The topological polar surface area (TPSA) is 16.4 Å². The molecule has 0 saturated heterocycles. The lowest BCUT2D eigenvalue weighted by Gasteiger charge is -2.29. The summed E-state index contributed by atoms with van der Waals surface area (Å²) in [5.74, 6) is 0. The minimum atomic E-state index is -0.0935. The van der Waals surface area contributed by atoms with Crippen molar-refractivity contribution in [3.8, 4) is 44.5 Å². The summed E-state index contributed by atoms with van der Waals surface area (Å²) in [4.78, 5) is 2.42. The Bertz CT molecular complexity index is 3160. The summed E-state index contributed by atoms with van der Waals surface area (Å²) in [5, 5.41) is 4.76. The van der Waals surface area contributed by atoms with E-state index in [-0.39, 0.29) is 5.41 Å². The minimum Gasteiger partial charge on any atom is -0.456 e. The van der Waals surface area contributed by atoms with E-state index in [0.29, 0.717) is 0 Å². The van der Waals surface area contributed by atoms with E-state index in [1.807, 2.05) is 12.1 Å². The molecule has 0 amide bonds. The van der Waals surface area contributed by atoms with Crippen LogP contribution >= 0.6 is 0 Å². The first-order chi connectivity index (χ1) is 28.0. The summed E-state index contributed by atoms with van der Waals surface area (Å²) < 4.78 is 6.19. The number of para-hydroxylation sites is 2. The molecule has 2 nitrogen and oxygen atoms in total. The second-order valence-corrected chi connectivity index (χ2v) is 15.7. The van der Waals surface area contributed by atoms with Crippen molar-refractivity contribution in [3.63, 3.8) is 0 Å². The Kier molecular flexibility index (Phi) is 7.55. The fourth-order valence-corrected chi connectivity index (χ4v) is 9.21. The van der Waals surface area contributed by atoms with Crippen LogP contribution in [0.4, 0.5) is 17.1 Å². The molecule has 1 aliphatic carbocycles. The quantitative estimate of drug-likeness (QED) is 0.169. The molecule has 9 aromatic carbocycles. The maximum atomic E-state index is 6.19. The molecule has 270 valence electrons. The van der Waals surface area contributed by atoms with Gasteiger partial charge in [-0.05, 0) is 115 Å². The summed E-state index contributed by atoms with van der Waals surface area (Å²) in [6.45, 7) is 4.71. The molecule has 0 bridgehead atoms. The first-order valence-electron chi connectivity index (χ1n) is 19.8. The van der Waals surface area contributed by atoms with Gasteiger partial charge >= 0.3 is 0 Å². The third-order valence-corrected chi connectivity index (χ3v) is 12.1. The van der Waals surface area contributed by atoms with E-state index >= 15 is 0 Å². The average molecular weight is 730 g/mol. The highest BCUT2D eigenvalue weighted by Gasteiger charge is 2.35. The van der Waals surface area contributed by atoms with Crippen LogP contribution in [-0.2, 0) is 5.41 Å². The molecular formula is C55H39NO. The molecular weight excluding hydrogens is 691 g/mol. The van der Waals surface area contributed by atoms with Gasteiger partial charge in [-0.3, -0.25) is 0 Å². The summed E-state index contributed by atoms with van der Waals surface area (Å²) in [6.07, 6.45) is 0. The molecule has 2 heteroatoms. The molecule has 10 aromatic rings. The number of benzene rings is 9. The number of furan rings is 1. The lowest BCUT2D eigenvalue weighted by Crippen LogP contribution is -2.15. The Morgan fingerprint density at radius 1 is 0.368 bits per heavy atom. The number of anilines is 3. The highest BCUT2D eigenvalue weighted by Crippen LogP contribution is 2.51. The molecule has 11 rings (SSSR count). The van der Waals surface area contributed by atoms with E-state index in [1.54, 1.807) is 0 Å². The Morgan fingerprint density at radius 2 is 1.00 bits per heavy atom. The smallest absolute Gasteiger partial charge is 0.135 e. The predicted octanol–water partition coefficient (Wildman–Crippen LogP) is 15.5. The van der Waals surface area contributed by atoms with E-state index in [1.165, 1.54) is 55.3 Å². The highest BCUT2D eigenvalue weighted by atomic mass is 16.3. The number of rotatable bonds is 6. The van der Waals surface area contributed by atoms with Crippen LogP contribution in [0, 0.1) is 0 Å². The first-order valence-corrected chi connectivity index (χ1v) is 19.8. The summed E-state index contributed by atoms with van der Waals surface area (Å²) in [7, 11) is 0. The van der Waals surface area contributed by atoms with Gasteiger partial charge in [-0.15, -0.1) is 0 Å². The normalized spacial score (nSPS) is 12.9. The van der Waals surface area contributed by atoms with Crippen molar-refractivity contribution in [2.24, 2.45) is 0 Å². The van der Waals surface area contributed by atoms with Gasteiger partial charge in [0.15, 0.2) is 0 Å². The van der Waals surface area contributed by atoms with Crippen molar-refractivity contribution >= 4 is 49.8 Å². The van der Waals surface area contributed by atoms with Crippen LogP contribution in [0.2, 0.25) is 0 Å². The number of hydrogen-bond donors (Lipinski definition) is 0. The van der Waals surface area contributed by atoms with Crippen molar-refractivity contribution in [3.05, 3.63) is 211 Å². The predicted molar refractivity (Wildman–Crippen MR) is 240 cm³/mol. The van der Waals surface area contributed by atoms with E-state index in [9.17, 15) is 0 Å². The number of nitrogens with zero attached hydrogens (tertiary/aromatic N) is 1. The summed E-state index contributed by atoms with van der Waals surface area (Å²) in [5.41, 5.74) is 17.5. The maximum absolute atomic E-state index is 6.19. The maximum Gasteiger partial charge on any atom is 0.135 e. The van der Waals surface area contributed by atoms with Gasteiger partial charge in [-0.2, -0.15) is 0 Å². The van der Waals surface area contributed by atoms with Crippen molar-refractivity contribution < 1.29 is 4.42 Å². The van der Waals surface area contributed by atoms with E-state index in [4.69, 9.17) is 4.42 Å². The van der Waals surface area contributed by atoms with Crippen molar-refractivity contribution in [2.75, 3.05) is 4.90 Å². The van der Waals surface area contributed by atoms with Crippen molar-refractivity contribution in [2.45, 2.75) is 19.3 Å². The molecule has 0 atom stereocenters. The molecule has 0 radical (unpaired) electrons. The van der Waals surface area contributed by atoms with Gasteiger partial charge in [0.2, 0.25) is 0 Å². The zero-order chi connectivity index (χ0) is 38.1. The minimum absolute atomic E-state index is 0.0935. The molecule has 0 unspecified atom stereocenters. The van der Waals surface area contributed by atoms with Crippen LogP contribution in [0.5, 0.6) is 0 Å². The van der Waals surface area contributed by atoms with Gasteiger partial charge in [0.25, 0.3) is 0 Å². The molecule has 0 spiro atoms. The molecule has 1 aliphatic rings. The summed E-state index contributed by atoms with van der Waals surface area (Å²) >= 11 is 0. The fourth-order valence-electron chi connectivity index (χ4n) is 9.21. The van der Waals surface area contributed by atoms with E-state index in [0.717, 1.165) is 50.1 Å². The monoisotopic (exact) mass is 729 g/mol. The molecule has 1 heterocycles. The molecule has 0 saturated carbocycles. The van der Waals surface area contributed by atoms with Crippen LogP contribution in [0.25, 0.3) is 77.2 Å². The Labute approximate surface area is 332 Å². The number of fused-ring (bicyclic) bond motifs is 7. The van der Waals surface area contributed by atoms with Crippen LogP contribution < -0.4 is 4.90 Å². The largest absolute Gasteiger partial charge is 0.456 e. The average Bonchev–Trinajstić information content (AvgIpc) is 3.75. The standard InChI is InChI=1S/C55H39NO/c1-55(2)50-22-8-5-19-46(50)47-31-27-40(35-51(47)55)45-18-6-9-23-52(45)56(41-29-25-37(26-30-41)44-21-12-14-36-13-3-4-17-43(36)44)42-16-11-15-38(33-42)39-28-32-54-49(34-39)48-20-7-10-24-53(48)57-54/h3-35H,1-2H3. The number of hydrogen-bond acceptors (Lipinski definition) is 2. The lowest BCUT2D eigenvalue weighted by atomic mass is 9.81. The van der Waals surface area contributed by atoms with Gasteiger partial charge < -0.3 is 9.32 Å². The van der Waals surface area contributed by atoms with E-state index in [2.05, 4.69) is 207 Å². The van der Waals surface area contributed by atoms with E-state index < -0.39 is 0 Å². The SMILES string of the molecule is CC1(C)c2ccccc2-c2ccc(-c3ccccc3N(c3ccc(-c4cccc5ccccc45)cc3)c3cccc(-c4ccc5oc6ccccc6c5c4)c3)cc21. The fraction of sp³-hybridized carbons (Fsp3) is 0.0545. The van der Waals surface area contributed by atoms with Gasteiger partial charge in [0, 0.05) is 33.1 Å². The highest BCUT2D eigenvalue weighted by molar-refractivity contribution is 6.06. The second-order valence-electron chi connectivity index (χ2n) is 15.7. The third-order valence-electron chi connectivity index (χ3n) is 12.1. The zero-order valence-electron chi connectivity index (χ0n) is 31.9. The molecule has 0 N–H and O–H groups in total. The Hall–Kier alpha value is -7.16. The van der Waals surface area contributed by atoms with Crippen molar-refractivity contribution in [1.82, 2.24) is 0 Å². The zero-order valence-corrected chi connectivity index (χ0v) is 31.9. The lowest BCUT2D eigenvalue weighted by molar-refractivity contribution is 0.660.